The van der Waals surface area contributed by atoms with Gasteiger partial charge in [0.1, 0.15) is 0 Å². The highest BCUT2D eigenvalue weighted by Gasteiger charge is 2.16. The molecule has 0 saturated heterocycles. The summed E-state index contributed by atoms with van der Waals surface area (Å²) in [5.41, 5.74) is 5.67. The van der Waals surface area contributed by atoms with Gasteiger partial charge in [-0.1, -0.05) is 40.2 Å². The number of hydrogen-bond donors (Lipinski definition) is 0. The third kappa shape index (κ3) is 2.54. The van der Waals surface area contributed by atoms with E-state index in [0.29, 0.717) is 5.69 Å². The van der Waals surface area contributed by atoms with Crippen LogP contribution in [0.25, 0.3) is 4.98 Å². The Bertz CT molecular complexity index is 671. The molecule has 2 nitrogen and oxygen atoms in total. The summed E-state index contributed by atoms with van der Waals surface area (Å²) in [6, 6.07) is 12.9. The van der Waals surface area contributed by atoms with Gasteiger partial charge in [0.25, 0.3) is 0 Å². The first kappa shape index (κ1) is 12.4. The maximum Gasteiger partial charge on any atom is 0.388 e. The van der Waals surface area contributed by atoms with Crippen LogP contribution < -0.4 is 0 Å². The molecule has 4 bridgehead atoms. The molecular formula is C16H14BrN2+. The molecule has 0 heterocycles. The topological polar surface area (TPSA) is 28.1 Å². The van der Waals surface area contributed by atoms with Gasteiger partial charge < -0.3 is 0 Å². The van der Waals surface area contributed by atoms with E-state index >= 15 is 0 Å². The molecular weight excluding hydrogens is 300 g/mol. The first-order valence-corrected chi connectivity index (χ1v) is 7.30. The number of aryl methyl sites for hydroxylation is 4. The van der Waals surface area contributed by atoms with Gasteiger partial charge in [-0.2, -0.15) is 0 Å². The van der Waals surface area contributed by atoms with Crippen molar-refractivity contribution in [3.05, 3.63) is 68.1 Å². The first-order chi connectivity index (χ1) is 9.26. The second-order valence-corrected chi connectivity index (χ2v) is 5.84. The maximum absolute atomic E-state index is 9.14. The van der Waals surface area contributed by atoms with Crippen molar-refractivity contribution in [1.82, 2.24) is 0 Å². The molecule has 0 saturated carbocycles. The maximum atomic E-state index is 9.14. The van der Waals surface area contributed by atoms with Crippen LogP contribution in [0.2, 0.25) is 0 Å². The number of diazo groups is 1. The fourth-order valence-electron chi connectivity index (χ4n) is 2.58. The summed E-state index contributed by atoms with van der Waals surface area (Å²) in [6.45, 7) is 0. The molecule has 0 aliphatic heterocycles. The summed E-state index contributed by atoms with van der Waals surface area (Å²) in [4.78, 5) is 3.43. The molecule has 0 N–H and O–H groups in total. The monoisotopic (exact) mass is 313 g/mol. The Balaban J connectivity index is 2.06. The minimum absolute atomic E-state index is 0.712. The quantitative estimate of drug-likeness (QED) is 0.641. The number of nitrogens with zero attached hydrogens (tertiary/aromatic N) is 2. The van der Waals surface area contributed by atoms with Crippen molar-refractivity contribution in [2.45, 2.75) is 25.7 Å². The highest BCUT2D eigenvalue weighted by molar-refractivity contribution is 9.10. The SMILES string of the molecule is N#[N+]c1cc2ccc1CCc1ccc(cc1Br)CC2. The Kier molecular flexibility index (Phi) is 3.35. The van der Waals surface area contributed by atoms with Crippen molar-refractivity contribution < 1.29 is 0 Å². The molecule has 0 atom stereocenters. The van der Waals surface area contributed by atoms with E-state index in [1.165, 1.54) is 21.2 Å². The lowest BCUT2D eigenvalue weighted by atomic mass is 9.96. The van der Waals surface area contributed by atoms with E-state index in [9.17, 15) is 0 Å². The van der Waals surface area contributed by atoms with Crippen LogP contribution in [0, 0.1) is 5.39 Å². The van der Waals surface area contributed by atoms with Crippen LogP contribution in [0.3, 0.4) is 0 Å². The Morgan fingerprint density at radius 2 is 1.47 bits per heavy atom. The van der Waals surface area contributed by atoms with Gasteiger partial charge in [0.15, 0.2) is 4.98 Å². The van der Waals surface area contributed by atoms with Gasteiger partial charge in [-0.05, 0) is 48.4 Å². The van der Waals surface area contributed by atoms with E-state index in [2.05, 4.69) is 51.2 Å². The largest absolute Gasteiger partial charge is 0.388 e. The molecule has 0 aromatic heterocycles. The summed E-state index contributed by atoms with van der Waals surface area (Å²) in [5.74, 6) is 0. The van der Waals surface area contributed by atoms with Gasteiger partial charge >= 0.3 is 5.69 Å². The second kappa shape index (κ2) is 5.14. The van der Waals surface area contributed by atoms with E-state index < -0.39 is 0 Å². The molecule has 0 fully saturated rings. The molecule has 4 aliphatic carbocycles. The van der Waals surface area contributed by atoms with Crippen LogP contribution in [0.4, 0.5) is 5.69 Å². The summed E-state index contributed by atoms with van der Waals surface area (Å²) in [7, 11) is 0. The third-order valence-corrected chi connectivity index (χ3v) is 4.48. The first-order valence-electron chi connectivity index (χ1n) is 6.50. The normalized spacial score (nSPS) is 13.7. The van der Waals surface area contributed by atoms with Crippen molar-refractivity contribution in [2.24, 2.45) is 0 Å². The van der Waals surface area contributed by atoms with Gasteiger partial charge in [-0.3, -0.25) is 0 Å². The molecule has 0 unspecified atom stereocenters. The molecule has 19 heavy (non-hydrogen) atoms. The molecule has 0 radical (unpaired) electrons. The zero-order chi connectivity index (χ0) is 13.2. The lowest BCUT2D eigenvalue weighted by Crippen LogP contribution is -1.99. The van der Waals surface area contributed by atoms with Gasteiger partial charge in [-0.15, -0.1) is 0 Å². The van der Waals surface area contributed by atoms with Crippen molar-refractivity contribution in [1.29, 1.82) is 5.39 Å². The van der Waals surface area contributed by atoms with Gasteiger partial charge in [0.2, 0.25) is 5.39 Å². The minimum atomic E-state index is 0.712. The molecule has 94 valence electrons. The van der Waals surface area contributed by atoms with E-state index in [0.717, 1.165) is 31.2 Å². The van der Waals surface area contributed by atoms with Gasteiger partial charge in [0, 0.05) is 16.1 Å². The molecule has 2 aromatic carbocycles. The van der Waals surface area contributed by atoms with E-state index in [-0.39, 0.29) is 0 Å². The number of benzene rings is 2. The van der Waals surface area contributed by atoms with Crippen LogP contribution >= 0.6 is 15.9 Å². The van der Waals surface area contributed by atoms with E-state index in [1.807, 2.05) is 6.07 Å². The van der Waals surface area contributed by atoms with Gasteiger partial charge in [-0.25, -0.2) is 0 Å². The molecule has 3 heteroatoms. The highest BCUT2D eigenvalue weighted by Crippen LogP contribution is 2.27. The number of halogens is 1. The summed E-state index contributed by atoms with van der Waals surface area (Å²) in [6.07, 6.45) is 3.80. The summed E-state index contributed by atoms with van der Waals surface area (Å²) >= 11 is 3.65. The number of hydrogen-bond acceptors (Lipinski definition) is 1. The average molecular weight is 314 g/mol. The second-order valence-electron chi connectivity index (χ2n) is 4.99. The Morgan fingerprint density at radius 3 is 2.16 bits per heavy atom. The van der Waals surface area contributed by atoms with Crippen molar-refractivity contribution in [2.75, 3.05) is 0 Å². The van der Waals surface area contributed by atoms with Crippen LogP contribution in [0.5, 0.6) is 0 Å². The van der Waals surface area contributed by atoms with Crippen LogP contribution in [0.1, 0.15) is 22.3 Å². The lowest BCUT2D eigenvalue weighted by Gasteiger charge is -2.10. The van der Waals surface area contributed by atoms with Gasteiger partial charge in [0.05, 0.1) is 0 Å². The zero-order valence-electron chi connectivity index (χ0n) is 10.6. The highest BCUT2D eigenvalue weighted by atomic mass is 79.9. The van der Waals surface area contributed by atoms with Crippen molar-refractivity contribution in [3.8, 4) is 0 Å². The predicted octanol–water partition coefficient (Wildman–Crippen LogP) is 4.82. The molecule has 4 aliphatic rings. The van der Waals surface area contributed by atoms with E-state index in [4.69, 9.17) is 5.39 Å². The van der Waals surface area contributed by atoms with Crippen molar-refractivity contribution in [3.63, 3.8) is 0 Å². The standard InChI is InChI=1S/C16H14BrN2/c17-15-9-11-1-2-12-4-6-14(16(10-12)19-18)8-7-13(15)5-3-11/h3-6,9-10H,1-2,7-8H2/q+1. The molecule has 2 aromatic rings. The third-order valence-electron chi connectivity index (χ3n) is 3.74. The van der Waals surface area contributed by atoms with Crippen LogP contribution in [0.15, 0.2) is 40.9 Å². The Labute approximate surface area is 121 Å². The fourth-order valence-corrected chi connectivity index (χ4v) is 3.20. The van der Waals surface area contributed by atoms with Crippen LogP contribution in [-0.2, 0) is 25.7 Å². The van der Waals surface area contributed by atoms with E-state index in [1.54, 1.807) is 0 Å². The molecule has 0 spiro atoms. The molecule has 0 amide bonds. The minimum Gasteiger partial charge on any atom is -0.0587 e. The molecule has 6 rings (SSSR count). The zero-order valence-corrected chi connectivity index (χ0v) is 12.2. The average Bonchev–Trinajstić information content (AvgIpc) is 2.42. The van der Waals surface area contributed by atoms with Crippen LogP contribution in [-0.4, -0.2) is 0 Å². The van der Waals surface area contributed by atoms with Crippen molar-refractivity contribution >= 4 is 21.6 Å². The predicted molar refractivity (Wildman–Crippen MR) is 80.1 cm³/mol. The Morgan fingerprint density at radius 1 is 0.842 bits per heavy atom. The fraction of sp³-hybridized carbons (Fsp3) is 0.250. The summed E-state index contributed by atoms with van der Waals surface area (Å²) < 4.78 is 1.18. The summed E-state index contributed by atoms with van der Waals surface area (Å²) in [5, 5.41) is 9.14. The smallest absolute Gasteiger partial charge is 0.0587 e. The number of rotatable bonds is 0. The lowest BCUT2D eigenvalue weighted by molar-refractivity contribution is 0.919. The Hall–Kier alpha value is -1.66.